The van der Waals surface area contributed by atoms with Gasteiger partial charge in [0.15, 0.2) is 0 Å². The summed E-state index contributed by atoms with van der Waals surface area (Å²) < 4.78 is 0. The Kier molecular flexibility index (Phi) is 6.67. The highest BCUT2D eigenvalue weighted by atomic mass is 32.2. The third kappa shape index (κ3) is 6.35. The van der Waals surface area contributed by atoms with E-state index in [1.807, 2.05) is 0 Å². The monoisotopic (exact) mass is 120 g/mol. The van der Waals surface area contributed by atoms with Gasteiger partial charge in [-0.05, 0) is 18.4 Å². The second-order valence-electron chi connectivity index (χ2n) is 1.81. The first-order valence-electron chi connectivity index (χ1n) is 3.06. The molecule has 0 aliphatic carbocycles. The van der Waals surface area contributed by atoms with Crippen molar-refractivity contribution in [3.8, 4) is 0 Å². The fraction of sp³-hybridized carbons (Fsp3) is 1.00. The van der Waals surface area contributed by atoms with Gasteiger partial charge >= 0.3 is 0 Å². The van der Waals surface area contributed by atoms with Gasteiger partial charge in [-0.25, -0.2) is 0 Å². The lowest BCUT2D eigenvalue weighted by atomic mass is 10.3. The smallest absolute Gasteiger partial charge is 0.0280 e. The summed E-state index contributed by atoms with van der Waals surface area (Å²) in [4.78, 5) is 0. The SMILES string of the molecule is CCCCC[SH2]C. The fourth-order valence-electron chi connectivity index (χ4n) is 0.552. The molecule has 0 aliphatic rings. The molecule has 0 aliphatic heterocycles. The molecule has 0 nitrogen and oxygen atoms in total. The van der Waals surface area contributed by atoms with Crippen LogP contribution in [0.25, 0.3) is 0 Å². The first-order valence-corrected chi connectivity index (χ1v) is 4.77. The molecule has 0 bridgehead atoms. The molecule has 0 fully saturated rings. The molecule has 0 aromatic carbocycles. The van der Waals surface area contributed by atoms with Gasteiger partial charge in [-0.2, -0.15) is 0 Å². The molecule has 0 aromatic heterocycles. The maximum Gasteiger partial charge on any atom is -0.0280 e. The lowest BCUT2D eigenvalue weighted by molar-refractivity contribution is 0.779. The van der Waals surface area contributed by atoms with Gasteiger partial charge in [0.25, 0.3) is 0 Å². The Bertz CT molecular complexity index is 23.4. The predicted molar refractivity (Wildman–Crippen MR) is 40.7 cm³/mol. The summed E-state index contributed by atoms with van der Waals surface area (Å²) in [5.74, 6) is 1.45. The molecule has 0 unspecified atom stereocenters. The van der Waals surface area contributed by atoms with Crippen LogP contribution in [0.5, 0.6) is 0 Å². The number of hydrogen-bond acceptors (Lipinski definition) is 0. The summed E-state index contributed by atoms with van der Waals surface area (Å²) in [6.45, 7) is 2.25. The van der Waals surface area contributed by atoms with Gasteiger partial charge in [0.05, 0.1) is 0 Å². The summed E-state index contributed by atoms with van der Waals surface area (Å²) in [7, 11) is 0. The van der Waals surface area contributed by atoms with E-state index in [9.17, 15) is 0 Å². The molecular weight excluding hydrogens is 104 g/mol. The van der Waals surface area contributed by atoms with Crippen LogP contribution in [-0.2, 0) is 0 Å². The molecule has 0 N–H and O–H groups in total. The van der Waals surface area contributed by atoms with Crippen molar-refractivity contribution < 1.29 is 0 Å². The van der Waals surface area contributed by atoms with Crippen molar-refractivity contribution in [3.05, 3.63) is 0 Å². The summed E-state index contributed by atoms with van der Waals surface area (Å²) in [6, 6.07) is 0. The lowest BCUT2D eigenvalue weighted by Gasteiger charge is -1.93. The normalized spacial score (nSPS) is 12.3. The fourth-order valence-corrected chi connectivity index (χ4v) is 1.16. The van der Waals surface area contributed by atoms with Crippen LogP contribution < -0.4 is 0 Å². The van der Waals surface area contributed by atoms with Crippen LogP contribution in [0.2, 0.25) is 0 Å². The molecule has 1 heteroatoms. The number of rotatable bonds is 4. The van der Waals surface area contributed by atoms with E-state index in [1.54, 1.807) is 0 Å². The molecule has 0 atom stereocenters. The average molecular weight is 120 g/mol. The zero-order valence-electron chi connectivity index (χ0n) is 5.33. The van der Waals surface area contributed by atoms with E-state index in [4.69, 9.17) is 0 Å². The summed E-state index contributed by atoms with van der Waals surface area (Å²) in [6.07, 6.45) is 6.52. The van der Waals surface area contributed by atoms with Crippen molar-refractivity contribution in [2.45, 2.75) is 26.2 Å². The maximum atomic E-state index is 2.27. The molecule has 0 amide bonds. The third-order valence-corrected chi connectivity index (χ3v) is 1.88. The zero-order valence-corrected chi connectivity index (χ0v) is 6.33. The first kappa shape index (κ1) is 7.35. The van der Waals surface area contributed by atoms with Gasteiger partial charge in [-0.1, -0.05) is 19.8 Å². The molecule has 7 heavy (non-hydrogen) atoms. The molecular formula is C6H16S. The molecule has 0 saturated carbocycles. The minimum atomic E-state index is 1.17. The molecule has 0 radical (unpaired) electrons. The Morgan fingerprint density at radius 1 is 1.29 bits per heavy atom. The van der Waals surface area contributed by atoms with E-state index < -0.39 is 0 Å². The van der Waals surface area contributed by atoms with Crippen LogP contribution in [0.15, 0.2) is 0 Å². The number of unbranched alkanes of at least 4 members (excludes halogenated alkanes) is 2. The van der Waals surface area contributed by atoms with Crippen molar-refractivity contribution in [1.29, 1.82) is 0 Å². The minimum absolute atomic E-state index is 1.17. The average Bonchev–Trinajstić information content (AvgIpc) is 1.69. The Morgan fingerprint density at radius 2 is 2.00 bits per heavy atom. The van der Waals surface area contributed by atoms with Crippen LogP contribution in [-0.4, -0.2) is 12.0 Å². The van der Waals surface area contributed by atoms with Gasteiger partial charge in [0.2, 0.25) is 0 Å². The van der Waals surface area contributed by atoms with Crippen LogP contribution in [0.3, 0.4) is 0 Å². The summed E-state index contributed by atoms with van der Waals surface area (Å²) >= 11 is 1.17. The van der Waals surface area contributed by atoms with E-state index >= 15 is 0 Å². The Morgan fingerprint density at radius 3 is 2.43 bits per heavy atom. The maximum absolute atomic E-state index is 2.27. The quantitative estimate of drug-likeness (QED) is 0.498. The second-order valence-corrected chi connectivity index (χ2v) is 3.02. The van der Waals surface area contributed by atoms with Crippen molar-refractivity contribution in [3.63, 3.8) is 0 Å². The van der Waals surface area contributed by atoms with Crippen LogP contribution in [0.4, 0.5) is 0 Å². The standard InChI is InChI=1S/C6H16S/c1-3-4-5-6-7-2/h3-7H2,1-2H3. The predicted octanol–water partition coefficient (Wildman–Crippen LogP) is 2.00. The van der Waals surface area contributed by atoms with Crippen molar-refractivity contribution >= 4 is 11.8 Å². The van der Waals surface area contributed by atoms with Gasteiger partial charge in [-0.3, -0.25) is 11.8 Å². The Hall–Kier alpha value is 0.350. The molecule has 46 valence electrons. The topological polar surface area (TPSA) is 0 Å². The largest absolute Gasteiger partial charge is 0.269 e. The van der Waals surface area contributed by atoms with Gasteiger partial charge in [0, 0.05) is 0 Å². The van der Waals surface area contributed by atoms with Crippen LogP contribution >= 0.6 is 11.8 Å². The van der Waals surface area contributed by atoms with Gasteiger partial charge in [0.1, 0.15) is 0 Å². The third-order valence-electron chi connectivity index (χ3n) is 1.03. The van der Waals surface area contributed by atoms with Crippen molar-refractivity contribution in [2.75, 3.05) is 12.0 Å². The molecule has 0 rings (SSSR count). The molecule has 0 heterocycles. The van der Waals surface area contributed by atoms with E-state index in [1.165, 1.54) is 36.8 Å². The summed E-state index contributed by atoms with van der Waals surface area (Å²) in [5.41, 5.74) is 0. The van der Waals surface area contributed by atoms with Gasteiger partial charge in [-0.15, -0.1) is 0 Å². The molecule has 0 saturated heterocycles. The zero-order chi connectivity index (χ0) is 5.54. The summed E-state index contributed by atoms with van der Waals surface area (Å²) in [5, 5.41) is 0. The number of hydrogen-bond donors (Lipinski definition) is 0. The van der Waals surface area contributed by atoms with E-state index in [0.29, 0.717) is 0 Å². The van der Waals surface area contributed by atoms with Gasteiger partial charge < -0.3 is 0 Å². The van der Waals surface area contributed by atoms with E-state index in [0.717, 1.165) is 0 Å². The molecule has 0 aromatic rings. The second kappa shape index (κ2) is 6.35. The lowest BCUT2D eigenvalue weighted by Crippen LogP contribution is -1.75. The Labute approximate surface area is 50.7 Å². The molecule has 0 spiro atoms. The highest BCUT2D eigenvalue weighted by Crippen LogP contribution is 2.00. The van der Waals surface area contributed by atoms with E-state index in [2.05, 4.69) is 13.2 Å². The van der Waals surface area contributed by atoms with Crippen molar-refractivity contribution in [2.24, 2.45) is 0 Å². The highest BCUT2D eigenvalue weighted by molar-refractivity contribution is 7.98. The van der Waals surface area contributed by atoms with Crippen LogP contribution in [0.1, 0.15) is 26.2 Å². The highest BCUT2D eigenvalue weighted by Gasteiger charge is 1.78. The van der Waals surface area contributed by atoms with E-state index in [-0.39, 0.29) is 0 Å². The van der Waals surface area contributed by atoms with Crippen LogP contribution in [0, 0.1) is 0 Å². The van der Waals surface area contributed by atoms with Crippen molar-refractivity contribution in [1.82, 2.24) is 0 Å². The first-order chi connectivity index (χ1) is 3.41. The minimum Gasteiger partial charge on any atom is -0.269 e. The Balaban J connectivity index is 2.45.